The van der Waals surface area contributed by atoms with E-state index in [-0.39, 0.29) is 12.1 Å². The molecule has 0 saturated heterocycles. The Morgan fingerprint density at radius 2 is 2.50 bits per heavy atom. The van der Waals surface area contributed by atoms with Crippen LogP contribution in [0.4, 0.5) is 0 Å². The second-order valence-corrected chi connectivity index (χ2v) is 4.91. The highest BCUT2D eigenvalue weighted by molar-refractivity contribution is 7.09. The molecule has 1 aromatic heterocycles. The number of hydrogen-bond donors (Lipinski definition) is 2. The van der Waals surface area contributed by atoms with Crippen LogP contribution in [-0.2, 0) is 6.54 Å². The molecule has 1 aliphatic carbocycles. The number of aromatic nitrogens is 1. The van der Waals surface area contributed by atoms with Crippen molar-refractivity contribution in [1.29, 1.82) is 0 Å². The third-order valence-corrected chi connectivity index (χ3v) is 3.51. The molecule has 1 heterocycles. The molecule has 1 saturated carbocycles. The summed E-state index contributed by atoms with van der Waals surface area (Å²) < 4.78 is 0. The molecule has 0 radical (unpaired) electrons. The van der Waals surface area contributed by atoms with Gasteiger partial charge in [0.2, 0.25) is 0 Å². The number of nitrogens with one attached hydrogen (secondary N) is 1. The smallest absolute Gasteiger partial charge is 0.0897 e. The number of aliphatic hydroxyl groups excluding tert-OH is 1. The summed E-state index contributed by atoms with van der Waals surface area (Å²) in [5.41, 5.74) is 1.09. The van der Waals surface area contributed by atoms with E-state index in [2.05, 4.69) is 15.7 Å². The van der Waals surface area contributed by atoms with Gasteiger partial charge in [0.05, 0.1) is 16.8 Å². The van der Waals surface area contributed by atoms with Crippen LogP contribution in [0.3, 0.4) is 0 Å². The van der Waals surface area contributed by atoms with Gasteiger partial charge in [0.25, 0.3) is 0 Å². The van der Waals surface area contributed by atoms with Crippen molar-refractivity contribution >= 4 is 11.3 Å². The minimum Gasteiger partial charge on any atom is -0.392 e. The van der Waals surface area contributed by atoms with E-state index in [0.717, 1.165) is 36.5 Å². The fraction of sp³-hybridized carbons (Fsp3) is 0.700. The van der Waals surface area contributed by atoms with Crippen molar-refractivity contribution in [3.05, 3.63) is 16.1 Å². The van der Waals surface area contributed by atoms with Crippen molar-refractivity contribution in [2.45, 2.75) is 44.9 Å². The van der Waals surface area contributed by atoms with E-state index in [1.807, 2.05) is 6.92 Å². The van der Waals surface area contributed by atoms with Gasteiger partial charge in [0.15, 0.2) is 0 Å². The highest BCUT2D eigenvalue weighted by Gasteiger charge is 2.24. The topological polar surface area (TPSA) is 45.2 Å². The summed E-state index contributed by atoms with van der Waals surface area (Å²) in [6, 6.07) is 0.275. The van der Waals surface area contributed by atoms with E-state index in [9.17, 15) is 5.11 Å². The highest BCUT2D eigenvalue weighted by atomic mass is 32.1. The zero-order valence-electron chi connectivity index (χ0n) is 8.36. The third-order valence-electron chi connectivity index (χ3n) is 2.69. The van der Waals surface area contributed by atoms with Crippen LogP contribution in [0.5, 0.6) is 0 Å². The lowest BCUT2D eigenvalue weighted by atomic mass is 10.2. The fourth-order valence-corrected chi connectivity index (χ4v) is 2.52. The summed E-state index contributed by atoms with van der Waals surface area (Å²) >= 11 is 1.67. The van der Waals surface area contributed by atoms with Gasteiger partial charge >= 0.3 is 0 Å². The molecule has 1 fully saturated rings. The molecule has 0 aliphatic heterocycles. The van der Waals surface area contributed by atoms with Gasteiger partial charge in [-0.3, -0.25) is 0 Å². The second kappa shape index (κ2) is 4.38. The monoisotopic (exact) mass is 212 g/mol. The number of nitrogens with zero attached hydrogens (tertiary/aromatic N) is 1. The standard InChI is InChI=1S/C10H16N2OS/c1-7-12-8(6-14-7)5-11-9-3-2-4-10(9)13/h6,9-11,13H,2-5H2,1H3. The maximum Gasteiger partial charge on any atom is 0.0897 e. The summed E-state index contributed by atoms with van der Waals surface area (Å²) in [5, 5.41) is 16.1. The normalized spacial score (nSPS) is 27.0. The van der Waals surface area contributed by atoms with E-state index in [0.29, 0.717) is 0 Å². The average molecular weight is 212 g/mol. The van der Waals surface area contributed by atoms with Gasteiger partial charge in [0, 0.05) is 18.0 Å². The molecule has 1 aromatic rings. The van der Waals surface area contributed by atoms with Crippen molar-refractivity contribution in [2.24, 2.45) is 0 Å². The van der Waals surface area contributed by atoms with E-state index in [4.69, 9.17) is 0 Å². The Bertz CT molecular complexity index is 300. The highest BCUT2D eigenvalue weighted by Crippen LogP contribution is 2.19. The predicted octanol–water partition coefficient (Wildman–Crippen LogP) is 1.45. The number of aliphatic hydroxyl groups is 1. The van der Waals surface area contributed by atoms with Crippen molar-refractivity contribution in [3.63, 3.8) is 0 Å². The Kier molecular flexibility index (Phi) is 3.15. The summed E-state index contributed by atoms with van der Waals surface area (Å²) in [6.45, 7) is 2.80. The van der Waals surface area contributed by atoms with Gasteiger partial charge < -0.3 is 10.4 Å². The van der Waals surface area contributed by atoms with E-state index in [1.165, 1.54) is 0 Å². The maximum atomic E-state index is 9.59. The Balaban J connectivity index is 1.82. The van der Waals surface area contributed by atoms with Crippen molar-refractivity contribution in [1.82, 2.24) is 10.3 Å². The Labute approximate surface area is 88.2 Å². The lowest BCUT2D eigenvalue weighted by Gasteiger charge is -2.15. The predicted molar refractivity (Wildman–Crippen MR) is 57.3 cm³/mol. The second-order valence-electron chi connectivity index (χ2n) is 3.84. The first kappa shape index (κ1) is 10.1. The first-order valence-electron chi connectivity index (χ1n) is 5.08. The molecule has 14 heavy (non-hydrogen) atoms. The number of hydrogen-bond acceptors (Lipinski definition) is 4. The Morgan fingerprint density at radius 1 is 1.64 bits per heavy atom. The summed E-state index contributed by atoms with van der Waals surface area (Å²) in [7, 11) is 0. The lowest BCUT2D eigenvalue weighted by molar-refractivity contribution is 0.148. The summed E-state index contributed by atoms with van der Waals surface area (Å²) in [4.78, 5) is 4.37. The molecule has 0 spiro atoms. The third kappa shape index (κ3) is 2.32. The molecular weight excluding hydrogens is 196 g/mol. The molecule has 2 unspecified atom stereocenters. The molecule has 0 amide bonds. The minimum atomic E-state index is -0.158. The molecule has 3 nitrogen and oxygen atoms in total. The van der Waals surface area contributed by atoms with E-state index in [1.54, 1.807) is 11.3 Å². The molecule has 2 rings (SSSR count). The lowest BCUT2D eigenvalue weighted by Crippen LogP contribution is -2.35. The van der Waals surface area contributed by atoms with Crippen molar-refractivity contribution < 1.29 is 5.11 Å². The van der Waals surface area contributed by atoms with Gasteiger partial charge in [-0.1, -0.05) is 0 Å². The van der Waals surface area contributed by atoms with Crippen LogP contribution in [0.25, 0.3) is 0 Å². The molecule has 1 aliphatic rings. The molecule has 4 heteroatoms. The molecule has 2 N–H and O–H groups in total. The van der Waals surface area contributed by atoms with Crippen molar-refractivity contribution in [3.8, 4) is 0 Å². The molecular formula is C10H16N2OS. The van der Waals surface area contributed by atoms with Gasteiger partial charge in [-0.25, -0.2) is 4.98 Å². The van der Waals surface area contributed by atoms with Crippen LogP contribution < -0.4 is 5.32 Å². The van der Waals surface area contributed by atoms with Crippen LogP contribution in [-0.4, -0.2) is 22.2 Å². The first-order valence-corrected chi connectivity index (χ1v) is 5.96. The van der Waals surface area contributed by atoms with Gasteiger partial charge in [-0.15, -0.1) is 11.3 Å². The van der Waals surface area contributed by atoms with Crippen LogP contribution in [0.2, 0.25) is 0 Å². The first-order chi connectivity index (χ1) is 6.75. The van der Waals surface area contributed by atoms with Crippen LogP contribution in [0.15, 0.2) is 5.38 Å². The number of thiazole rings is 1. The molecule has 0 bridgehead atoms. The van der Waals surface area contributed by atoms with Crippen LogP contribution in [0, 0.1) is 6.92 Å². The summed E-state index contributed by atoms with van der Waals surface area (Å²) in [6.07, 6.45) is 3.00. The van der Waals surface area contributed by atoms with Gasteiger partial charge in [-0.2, -0.15) is 0 Å². The van der Waals surface area contributed by atoms with Gasteiger partial charge in [-0.05, 0) is 26.2 Å². The van der Waals surface area contributed by atoms with Crippen LogP contribution in [0.1, 0.15) is 30.0 Å². The Hall–Kier alpha value is -0.450. The van der Waals surface area contributed by atoms with Crippen molar-refractivity contribution in [2.75, 3.05) is 0 Å². The van der Waals surface area contributed by atoms with Crippen LogP contribution >= 0.6 is 11.3 Å². The fourth-order valence-electron chi connectivity index (χ4n) is 1.90. The average Bonchev–Trinajstić information content (AvgIpc) is 2.72. The Morgan fingerprint density at radius 3 is 3.07 bits per heavy atom. The molecule has 2 atom stereocenters. The number of aryl methyl sites for hydroxylation is 1. The van der Waals surface area contributed by atoms with E-state index < -0.39 is 0 Å². The maximum absolute atomic E-state index is 9.59. The quantitative estimate of drug-likeness (QED) is 0.797. The molecule has 78 valence electrons. The zero-order valence-corrected chi connectivity index (χ0v) is 9.18. The number of rotatable bonds is 3. The van der Waals surface area contributed by atoms with E-state index >= 15 is 0 Å². The minimum absolute atomic E-state index is 0.158. The van der Waals surface area contributed by atoms with Gasteiger partial charge in [0.1, 0.15) is 0 Å². The summed E-state index contributed by atoms with van der Waals surface area (Å²) in [5.74, 6) is 0. The molecule has 0 aromatic carbocycles. The largest absolute Gasteiger partial charge is 0.392 e. The zero-order chi connectivity index (χ0) is 9.97. The SMILES string of the molecule is Cc1nc(CNC2CCCC2O)cs1.